The molecule has 9 heteroatoms. The van der Waals surface area contributed by atoms with Crippen molar-refractivity contribution in [3.8, 4) is 0 Å². The molecular weight excluding hydrogens is 1100 g/mol. The summed E-state index contributed by atoms with van der Waals surface area (Å²) in [5, 5.41) is 14.0. The molecule has 0 rings (SSSR count). The standard InChI is InChI=1S/C79H145N2O6P/c1-6-8-10-12-14-16-18-20-22-24-26-28-30-32-34-35-36-37-38-39-40-41-42-43-44-45-47-49-51-53-55-57-59-61-63-65-67-69-71-73-79(83)80-77(76-87-88(84,85)86-75-74-81(3,4)5)78(82)72-70-68-66-64-62-60-58-56-54-52-50-48-46-33-31-29-27-25-23-21-19-17-15-13-11-9-7-2/h8,10,14,16,20,22,26,28,32,34,36-37,62,64,70,72,77-78,82H,6-7,9,11-13,15,17-19,21,23-25,27,29-31,33,35,38-61,63,65-69,71,73-76H2,1-5H3,(H-,80,83,84,85)/b10-8-,16-14-,22-20-,28-26-,34-32-,37-36-,64-62+,72-70+. The summed E-state index contributed by atoms with van der Waals surface area (Å²) in [6, 6.07) is -0.908. The van der Waals surface area contributed by atoms with E-state index in [-0.39, 0.29) is 12.5 Å². The Kier molecular flexibility index (Phi) is 66.8. The molecule has 0 aromatic rings. The number of rotatable bonds is 69. The molecule has 512 valence electrons. The van der Waals surface area contributed by atoms with Crippen molar-refractivity contribution in [2.24, 2.45) is 0 Å². The van der Waals surface area contributed by atoms with E-state index in [2.05, 4.69) is 104 Å². The first-order valence-corrected chi connectivity index (χ1v) is 39.1. The molecule has 0 radical (unpaired) electrons. The Bertz CT molecular complexity index is 1760. The first-order valence-electron chi connectivity index (χ1n) is 37.6. The molecule has 0 aromatic heterocycles. The zero-order chi connectivity index (χ0) is 64.1. The Balaban J connectivity index is 4.02. The number of phosphoric acid groups is 1. The van der Waals surface area contributed by atoms with Gasteiger partial charge in [-0.1, -0.05) is 355 Å². The second kappa shape index (κ2) is 68.8. The number of carbonyl (C=O) groups excluding carboxylic acids is 1. The highest BCUT2D eigenvalue weighted by atomic mass is 31.2. The maximum Gasteiger partial charge on any atom is 0.268 e. The zero-order valence-electron chi connectivity index (χ0n) is 58.7. The minimum Gasteiger partial charge on any atom is -0.756 e. The Labute approximate surface area is 547 Å². The van der Waals surface area contributed by atoms with Gasteiger partial charge in [-0.15, -0.1) is 0 Å². The van der Waals surface area contributed by atoms with E-state index in [1.165, 1.54) is 250 Å². The number of hydrogen-bond donors (Lipinski definition) is 2. The van der Waals surface area contributed by atoms with E-state index < -0.39 is 26.6 Å². The predicted octanol–water partition coefficient (Wildman–Crippen LogP) is 23.8. The van der Waals surface area contributed by atoms with E-state index in [4.69, 9.17) is 9.05 Å². The number of carbonyl (C=O) groups is 1. The number of hydrogen-bond acceptors (Lipinski definition) is 6. The van der Waals surface area contributed by atoms with Gasteiger partial charge in [0.1, 0.15) is 13.2 Å². The molecule has 0 spiro atoms. The molecule has 3 unspecified atom stereocenters. The van der Waals surface area contributed by atoms with E-state index in [9.17, 15) is 19.4 Å². The number of quaternary nitrogens is 1. The molecule has 0 aliphatic rings. The van der Waals surface area contributed by atoms with Crippen molar-refractivity contribution >= 4 is 13.7 Å². The van der Waals surface area contributed by atoms with Crippen molar-refractivity contribution in [1.29, 1.82) is 0 Å². The lowest BCUT2D eigenvalue weighted by atomic mass is 10.0. The van der Waals surface area contributed by atoms with Gasteiger partial charge in [-0.05, 0) is 83.5 Å². The first kappa shape index (κ1) is 85.4. The maximum absolute atomic E-state index is 13.1. The molecule has 0 saturated carbocycles. The average molecular weight is 1250 g/mol. The number of nitrogens with one attached hydrogen (secondary N) is 1. The van der Waals surface area contributed by atoms with Crippen LogP contribution in [0, 0.1) is 0 Å². The summed E-state index contributed by atoms with van der Waals surface area (Å²) in [6.07, 6.45) is 99.8. The Morgan fingerprint density at radius 2 is 0.705 bits per heavy atom. The minimum absolute atomic E-state index is 0.00746. The number of phosphoric ester groups is 1. The van der Waals surface area contributed by atoms with Gasteiger partial charge in [-0.25, -0.2) is 0 Å². The van der Waals surface area contributed by atoms with E-state index in [1.807, 2.05) is 27.2 Å². The zero-order valence-corrected chi connectivity index (χ0v) is 59.6. The fourth-order valence-electron chi connectivity index (χ4n) is 11.0. The van der Waals surface area contributed by atoms with Gasteiger partial charge in [0, 0.05) is 6.42 Å². The highest BCUT2D eigenvalue weighted by Crippen LogP contribution is 2.38. The first-order chi connectivity index (χ1) is 43.0. The van der Waals surface area contributed by atoms with Gasteiger partial charge in [-0.2, -0.15) is 0 Å². The molecule has 3 atom stereocenters. The maximum atomic E-state index is 13.1. The summed E-state index contributed by atoms with van der Waals surface area (Å²) >= 11 is 0. The molecular formula is C79H145N2O6P. The molecule has 0 aliphatic carbocycles. The molecule has 0 heterocycles. The van der Waals surface area contributed by atoms with Crippen LogP contribution >= 0.6 is 7.82 Å². The summed E-state index contributed by atoms with van der Waals surface area (Å²) in [5.41, 5.74) is 0. The second-order valence-corrected chi connectivity index (χ2v) is 28.0. The van der Waals surface area contributed by atoms with Gasteiger partial charge in [0.05, 0.1) is 39.9 Å². The Morgan fingerprint density at radius 1 is 0.409 bits per heavy atom. The van der Waals surface area contributed by atoms with Crippen LogP contribution in [0.25, 0.3) is 0 Å². The number of aliphatic hydroxyl groups is 1. The SMILES string of the molecule is CC/C=C\C/C=C\C/C=C\C/C=C\C/C=C\C/C=C\CCCCCCCCCCCCCCCCCCCCCCC(=O)NC(COP(=O)([O-])OCC[N+](C)(C)C)C(O)/C=C/CC/C=C/CCCCCCCCCCCCCCCCCCCCCCC. The summed E-state index contributed by atoms with van der Waals surface area (Å²) in [5.74, 6) is -0.203. The van der Waals surface area contributed by atoms with Gasteiger partial charge in [-0.3, -0.25) is 9.36 Å². The fraction of sp³-hybridized carbons (Fsp3) is 0.785. The number of nitrogens with zero attached hydrogens (tertiary/aromatic N) is 1. The largest absolute Gasteiger partial charge is 0.756 e. The molecule has 0 fully saturated rings. The van der Waals surface area contributed by atoms with Crippen LogP contribution in [0.15, 0.2) is 97.2 Å². The highest BCUT2D eigenvalue weighted by Gasteiger charge is 2.23. The van der Waals surface area contributed by atoms with Crippen LogP contribution in [0.3, 0.4) is 0 Å². The second-order valence-electron chi connectivity index (χ2n) is 26.6. The van der Waals surface area contributed by atoms with E-state index in [1.54, 1.807) is 6.08 Å². The van der Waals surface area contributed by atoms with Crippen LogP contribution in [0.4, 0.5) is 0 Å². The lowest BCUT2D eigenvalue weighted by molar-refractivity contribution is -0.870. The molecule has 8 nitrogen and oxygen atoms in total. The van der Waals surface area contributed by atoms with Crippen molar-refractivity contribution in [3.05, 3.63) is 97.2 Å². The highest BCUT2D eigenvalue weighted by molar-refractivity contribution is 7.45. The van der Waals surface area contributed by atoms with Crippen molar-refractivity contribution in [3.63, 3.8) is 0 Å². The summed E-state index contributed by atoms with van der Waals surface area (Å²) in [6.45, 7) is 4.55. The van der Waals surface area contributed by atoms with E-state index in [0.29, 0.717) is 17.4 Å². The molecule has 0 aromatic carbocycles. The number of amides is 1. The van der Waals surface area contributed by atoms with Gasteiger partial charge < -0.3 is 28.8 Å². The van der Waals surface area contributed by atoms with Gasteiger partial charge in [0.25, 0.3) is 7.82 Å². The van der Waals surface area contributed by atoms with Crippen LogP contribution in [0.2, 0.25) is 0 Å². The number of aliphatic hydroxyl groups excluding tert-OH is 1. The monoisotopic (exact) mass is 1250 g/mol. The van der Waals surface area contributed by atoms with Crippen molar-refractivity contribution in [2.45, 2.75) is 360 Å². The number of unbranched alkanes of at least 4 members (excludes halogenated alkanes) is 42. The molecule has 2 N–H and O–H groups in total. The molecule has 0 aliphatic heterocycles. The topological polar surface area (TPSA) is 108 Å². The van der Waals surface area contributed by atoms with E-state index in [0.717, 1.165) is 77.0 Å². The third kappa shape index (κ3) is 70.9. The van der Waals surface area contributed by atoms with E-state index >= 15 is 0 Å². The average Bonchev–Trinajstić information content (AvgIpc) is 3.70. The Morgan fingerprint density at radius 3 is 1.06 bits per heavy atom. The Hall–Kier alpha value is -2.58. The fourth-order valence-corrected chi connectivity index (χ4v) is 11.7. The number of likely N-dealkylation sites (N-methyl/N-ethyl adjacent to an activating group) is 1. The van der Waals surface area contributed by atoms with Crippen molar-refractivity contribution in [2.75, 3.05) is 40.9 Å². The lowest BCUT2D eigenvalue weighted by Crippen LogP contribution is -2.45. The number of allylic oxidation sites excluding steroid dienone is 15. The smallest absolute Gasteiger partial charge is 0.268 e. The summed E-state index contributed by atoms with van der Waals surface area (Å²) in [4.78, 5) is 25.7. The van der Waals surface area contributed by atoms with Crippen molar-refractivity contribution < 1.29 is 32.9 Å². The third-order valence-electron chi connectivity index (χ3n) is 16.8. The van der Waals surface area contributed by atoms with Crippen LogP contribution in [0.1, 0.15) is 348 Å². The molecule has 0 bridgehead atoms. The minimum atomic E-state index is -4.62. The third-order valence-corrected chi connectivity index (χ3v) is 17.7. The van der Waals surface area contributed by atoms with Crippen LogP contribution in [0.5, 0.6) is 0 Å². The van der Waals surface area contributed by atoms with Gasteiger partial charge in [0.2, 0.25) is 5.91 Å². The molecule has 1 amide bonds. The van der Waals surface area contributed by atoms with Crippen LogP contribution in [-0.4, -0.2) is 68.5 Å². The van der Waals surface area contributed by atoms with Crippen LogP contribution < -0.4 is 10.2 Å². The van der Waals surface area contributed by atoms with Crippen LogP contribution in [-0.2, 0) is 18.4 Å². The van der Waals surface area contributed by atoms with Crippen molar-refractivity contribution in [1.82, 2.24) is 5.32 Å². The quantitative estimate of drug-likeness (QED) is 0.0272. The summed E-state index contributed by atoms with van der Waals surface area (Å²) in [7, 11) is 1.25. The van der Waals surface area contributed by atoms with Gasteiger partial charge in [0.15, 0.2) is 0 Å². The lowest BCUT2D eigenvalue weighted by Gasteiger charge is -2.29. The molecule has 0 saturated heterocycles. The summed E-state index contributed by atoms with van der Waals surface area (Å²) < 4.78 is 23.5. The predicted molar refractivity (Wildman–Crippen MR) is 385 cm³/mol. The normalized spacial score (nSPS) is 14.1. The molecule has 88 heavy (non-hydrogen) atoms. The van der Waals surface area contributed by atoms with Gasteiger partial charge >= 0.3 is 0 Å².